The lowest BCUT2D eigenvalue weighted by Gasteiger charge is -2.35. The number of carbonyl (C=O) groups excluding carboxylic acids is 2. The summed E-state index contributed by atoms with van der Waals surface area (Å²) in [7, 11) is 0. The van der Waals surface area contributed by atoms with E-state index in [1.807, 2.05) is 23.6 Å². The van der Waals surface area contributed by atoms with E-state index in [1.165, 1.54) is 21.2 Å². The van der Waals surface area contributed by atoms with Crippen molar-refractivity contribution >= 4 is 35.0 Å². The van der Waals surface area contributed by atoms with Crippen LogP contribution >= 0.6 is 11.8 Å². The van der Waals surface area contributed by atoms with Gasteiger partial charge in [0, 0.05) is 54.9 Å². The SMILES string of the molecule is CCN(CC)C(=O)C1CCN(C(=O)CCN2c3ccccc3Sc3ccccc32)CC1. The van der Waals surface area contributed by atoms with E-state index in [9.17, 15) is 9.59 Å². The number of nitrogens with zero attached hydrogens (tertiary/aromatic N) is 3. The van der Waals surface area contributed by atoms with Gasteiger partial charge >= 0.3 is 0 Å². The molecule has 2 amide bonds. The summed E-state index contributed by atoms with van der Waals surface area (Å²) in [4.78, 5) is 34.2. The number of carbonyl (C=O) groups is 2. The van der Waals surface area contributed by atoms with Crippen molar-refractivity contribution in [1.82, 2.24) is 9.80 Å². The Hall–Kier alpha value is -2.47. The van der Waals surface area contributed by atoms with Gasteiger partial charge in [0.2, 0.25) is 11.8 Å². The van der Waals surface area contributed by atoms with Crippen LogP contribution in [0.1, 0.15) is 33.1 Å². The van der Waals surface area contributed by atoms with Crippen LogP contribution in [-0.4, -0.2) is 54.3 Å². The molecule has 0 spiro atoms. The highest BCUT2D eigenvalue weighted by Gasteiger charge is 2.30. The maximum atomic E-state index is 13.0. The highest BCUT2D eigenvalue weighted by atomic mass is 32.2. The van der Waals surface area contributed by atoms with E-state index in [4.69, 9.17) is 0 Å². The van der Waals surface area contributed by atoms with Gasteiger partial charge in [-0.3, -0.25) is 9.59 Å². The number of para-hydroxylation sites is 2. The van der Waals surface area contributed by atoms with E-state index < -0.39 is 0 Å². The third-order valence-electron chi connectivity index (χ3n) is 6.35. The second-order valence-electron chi connectivity index (χ2n) is 8.10. The van der Waals surface area contributed by atoms with Crippen LogP contribution in [-0.2, 0) is 9.59 Å². The van der Waals surface area contributed by atoms with Crippen LogP contribution in [0.2, 0.25) is 0 Å². The average Bonchev–Trinajstić information content (AvgIpc) is 2.82. The van der Waals surface area contributed by atoms with Gasteiger partial charge in [-0.15, -0.1) is 0 Å². The second kappa shape index (κ2) is 9.77. The summed E-state index contributed by atoms with van der Waals surface area (Å²) in [6.45, 7) is 7.58. The lowest BCUT2D eigenvalue weighted by atomic mass is 9.95. The molecule has 0 saturated carbocycles. The van der Waals surface area contributed by atoms with Gasteiger partial charge in [-0.05, 0) is 51.0 Å². The first-order chi connectivity index (χ1) is 15.1. The van der Waals surface area contributed by atoms with Gasteiger partial charge in [-0.2, -0.15) is 0 Å². The van der Waals surface area contributed by atoms with E-state index in [0.717, 1.165) is 25.9 Å². The number of amides is 2. The standard InChI is InChI=1S/C25H31N3O2S/c1-3-26(4-2)25(30)19-13-16-27(17-14-19)24(29)15-18-28-20-9-5-7-11-22(20)31-23-12-8-6-10-21(23)28/h5-12,19H,3-4,13-18H2,1-2H3. The third-order valence-corrected chi connectivity index (χ3v) is 7.48. The van der Waals surface area contributed by atoms with Crippen molar-refractivity contribution in [2.75, 3.05) is 37.6 Å². The van der Waals surface area contributed by atoms with Crippen molar-refractivity contribution in [2.24, 2.45) is 5.92 Å². The maximum Gasteiger partial charge on any atom is 0.225 e. The summed E-state index contributed by atoms with van der Waals surface area (Å²) < 4.78 is 0. The fourth-order valence-electron chi connectivity index (χ4n) is 4.56. The Morgan fingerprint density at radius 1 is 0.935 bits per heavy atom. The minimum Gasteiger partial charge on any atom is -0.343 e. The molecule has 1 fully saturated rings. The molecule has 0 unspecified atom stereocenters. The summed E-state index contributed by atoms with van der Waals surface area (Å²) in [6.07, 6.45) is 2.02. The fraction of sp³-hybridized carbons (Fsp3) is 0.440. The predicted octanol–water partition coefficient (Wildman–Crippen LogP) is 4.79. The first kappa shape index (κ1) is 21.8. The molecule has 0 aliphatic carbocycles. The van der Waals surface area contributed by atoms with Crippen LogP contribution in [0.15, 0.2) is 58.3 Å². The lowest BCUT2D eigenvalue weighted by molar-refractivity contribution is -0.140. The molecule has 2 aromatic carbocycles. The van der Waals surface area contributed by atoms with E-state index in [2.05, 4.69) is 53.4 Å². The Morgan fingerprint density at radius 2 is 1.48 bits per heavy atom. The normalized spacial score (nSPS) is 15.9. The second-order valence-corrected chi connectivity index (χ2v) is 9.19. The number of hydrogen-bond acceptors (Lipinski definition) is 4. The molecule has 0 N–H and O–H groups in total. The number of anilines is 2. The van der Waals surface area contributed by atoms with Gasteiger partial charge < -0.3 is 14.7 Å². The maximum absolute atomic E-state index is 13.0. The molecule has 31 heavy (non-hydrogen) atoms. The van der Waals surface area contributed by atoms with Gasteiger partial charge in [-0.1, -0.05) is 36.0 Å². The van der Waals surface area contributed by atoms with E-state index >= 15 is 0 Å². The van der Waals surface area contributed by atoms with Gasteiger partial charge in [0.1, 0.15) is 0 Å². The number of hydrogen-bond donors (Lipinski definition) is 0. The molecule has 2 aliphatic rings. The van der Waals surface area contributed by atoms with Crippen molar-refractivity contribution in [1.29, 1.82) is 0 Å². The Morgan fingerprint density at radius 3 is 2.03 bits per heavy atom. The van der Waals surface area contributed by atoms with Gasteiger partial charge in [0.05, 0.1) is 11.4 Å². The summed E-state index contributed by atoms with van der Waals surface area (Å²) in [5, 5.41) is 0. The molecule has 5 nitrogen and oxygen atoms in total. The topological polar surface area (TPSA) is 43.9 Å². The molecular formula is C25H31N3O2S. The van der Waals surface area contributed by atoms with Crippen molar-refractivity contribution in [2.45, 2.75) is 42.9 Å². The number of piperidine rings is 1. The van der Waals surface area contributed by atoms with Crippen molar-refractivity contribution in [3.63, 3.8) is 0 Å². The van der Waals surface area contributed by atoms with Crippen LogP contribution in [0, 0.1) is 5.92 Å². The molecule has 0 bridgehead atoms. The Balaban J connectivity index is 1.38. The van der Waals surface area contributed by atoms with Crippen molar-refractivity contribution < 1.29 is 9.59 Å². The molecular weight excluding hydrogens is 406 g/mol. The summed E-state index contributed by atoms with van der Waals surface area (Å²) in [5.74, 6) is 0.486. The highest BCUT2D eigenvalue weighted by Crippen LogP contribution is 2.47. The van der Waals surface area contributed by atoms with Crippen molar-refractivity contribution in [3.8, 4) is 0 Å². The monoisotopic (exact) mass is 437 g/mol. The van der Waals surface area contributed by atoms with Gasteiger partial charge in [0.15, 0.2) is 0 Å². The summed E-state index contributed by atoms with van der Waals surface area (Å²) in [6, 6.07) is 16.8. The Kier molecular flexibility index (Phi) is 6.86. The molecule has 6 heteroatoms. The predicted molar refractivity (Wildman–Crippen MR) is 126 cm³/mol. The van der Waals surface area contributed by atoms with Gasteiger partial charge in [0.25, 0.3) is 0 Å². The minimum absolute atomic E-state index is 0.0572. The summed E-state index contributed by atoms with van der Waals surface area (Å²) >= 11 is 1.78. The molecule has 1 saturated heterocycles. The number of fused-ring (bicyclic) bond motifs is 2. The average molecular weight is 438 g/mol. The Labute approximate surface area is 189 Å². The number of rotatable bonds is 6. The van der Waals surface area contributed by atoms with Crippen LogP contribution in [0.5, 0.6) is 0 Å². The first-order valence-corrected chi connectivity index (χ1v) is 12.1. The van der Waals surface area contributed by atoms with Crippen LogP contribution < -0.4 is 4.90 Å². The smallest absolute Gasteiger partial charge is 0.225 e. The molecule has 0 atom stereocenters. The third kappa shape index (κ3) is 4.59. The van der Waals surface area contributed by atoms with E-state index in [1.54, 1.807) is 11.8 Å². The van der Waals surface area contributed by atoms with E-state index in [0.29, 0.717) is 26.1 Å². The van der Waals surface area contributed by atoms with Crippen LogP contribution in [0.25, 0.3) is 0 Å². The lowest BCUT2D eigenvalue weighted by Crippen LogP contribution is -2.44. The van der Waals surface area contributed by atoms with E-state index in [-0.39, 0.29) is 17.7 Å². The largest absolute Gasteiger partial charge is 0.343 e. The zero-order valence-electron chi connectivity index (χ0n) is 18.4. The zero-order valence-corrected chi connectivity index (χ0v) is 19.2. The number of benzene rings is 2. The van der Waals surface area contributed by atoms with Crippen LogP contribution in [0.4, 0.5) is 11.4 Å². The molecule has 2 aromatic rings. The minimum atomic E-state index is 0.0572. The molecule has 4 rings (SSSR count). The summed E-state index contributed by atoms with van der Waals surface area (Å²) in [5.41, 5.74) is 2.34. The first-order valence-electron chi connectivity index (χ1n) is 11.3. The fourth-order valence-corrected chi connectivity index (χ4v) is 5.65. The van der Waals surface area contributed by atoms with Gasteiger partial charge in [-0.25, -0.2) is 0 Å². The quantitative estimate of drug-likeness (QED) is 0.652. The molecule has 164 valence electrons. The molecule has 2 heterocycles. The number of likely N-dealkylation sites (tertiary alicyclic amines) is 1. The Bertz CT molecular complexity index is 890. The van der Waals surface area contributed by atoms with Crippen molar-refractivity contribution in [3.05, 3.63) is 48.5 Å². The zero-order chi connectivity index (χ0) is 21.8. The van der Waals surface area contributed by atoms with Crippen LogP contribution in [0.3, 0.4) is 0 Å². The molecule has 0 radical (unpaired) electrons. The highest BCUT2D eigenvalue weighted by molar-refractivity contribution is 7.99. The molecule has 2 aliphatic heterocycles. The molecule has 0 aromatic heterocycles.